The van der Waals surface area contributed by atoms with Crippen LogP contribution in [0, 0.1) is 0 Å². The fourth-order valence-electron chi connectivity index (χ4n) is 1.40. The monoisotopic (exact) mass is 216 g/mol. The van der Waals surface area contributed by atoms with Gasteiger partial charge in [-0.3, -0.25) is 0 Å². The Hall–Kier alpha value is -2.17. The number of methoxy groups -OCH3 is 1. The second kappa shape index (κ2) is 4.57. The molecule has 0 spiro atoms. The molecule has 2 aromatic rings. The molecule has 0 fully saturated rings. The lowest BCUT2D eigenvalue weighted by molar-refractivity contribution is 0.415. The first-order valence-electron chi connectivity index (χ1n) is 4.85. The maximum absolute atomic E-state index is 5.09. The average Bonchev–Trinajstić information content (AvgIpc) is 2.39. The van der Waals surface area contributed by atoms with Crippen molar-refractivity contribution in [2.24, 2.45) is 0 Å². The molecule has 0 aliphatic heterocycles. The zero-order valence-electron chi connectivity index (χ0n) is 9.14. The second-order valence-corrected chi connectivity index (χ2v) is 3.14. The molecule has 5 heteroatoms. The molecule has 5 nitrogen and oxygen atoms in total. The lowest BCUT2D eigenvalue weighted by Crippen LogP contribution is -1.99. The summed E-state index contributed by atoms with van der Waals surface area (Å²) in [5.41, 5.74) is 1.68. The zero-order chi connectivity index (χ0) is 11.4. The molecule has 82 valence electrons. The molecular formula is C11H12N4O. The minimum Gasteiger partial charge on any atom is -0.497 e. The highest BCUT2D eigenvalue weighted by Crippen LogP contribution is 2.24. The van der Waals surface area contributed by atoms with E-state index in [1.54, 1.807) is 14.2 Å². The first-order valence-corrected chi connectivity index (χ1v) is 4.85. The molecule has 1 heterocycles. The molecule has 16 heavy (non-hydrogen) atoms. The van der Waals surface area contributed by atoms with Gasteiger partial charge in [-0.25, -0.2) is 4.98 Å². The fourth-order valence-corrected chi connectivity index (χ4v) is 1.40. The van der Waals surface area contributed by atoms with E-state index in [-0.39, 0.29) is 0 Å². The smallest absolute Gasteiger partial charge is 0.156 e. The van der Waals surface area contributed by atoms with Gasteiger partial charge in [-0.05, 0) is 24.3 Å². The molecule has 0 atom stereocenters. The van der Waals surface area contributed by atoms with Gasteiger partial charge in [-0.2, -0.15) is 0 Å². The van der Waals surface area contributed by atoms with Crippen LogP contribution >= 0.6 is 0 Å². The van der Waals surface area contributed by atoms with Gasteiger partial charge in [-0.1, -0.05) is 0 Å². The summed E-state index contributed by atoms with van der Waals surface area (Å²) in [6.07, 6.45) is 1.42. The van der Waals surface area contributed by atoms with Crippen LogP contribution in [0.15, 0.2) is 30.6 Å². The number of ether oxygens (including phenoxy) is 1. The van der Waals surface area contributed by atoms with Gasteiger partial charge in [-0.15, -0.1) is 10.2 Å². The summed E-state index contributed by atoms with van der Waals surface area (Å²) < 4.78 is 5.09. The molecule has 0 saturated heterocycles. The Morgan fingerprint density at radius 2 is 1.94 bits per heavy atom. The average molecular weight is 216 g/mol. The molecule has 0 amide bonds. The maximum Gasteiger partial charge on any atom is 0.156 e. The summed E-state index contributed by atoms with van der Waals surface area (Å²) in [4.78, 5) is 4.10. The van der Waals surface area contributed by atoms with E-state index in [9.17, 15) is 0 Å². The molecule has 0 bridgehead atoms. The summed E-state index contributed by atoms with van der Waals surface area (Å²) in [6.45, 7) is 0. The van der Waals surface area contributed by atoms with Crippen LogP contribution < -0.4 is 10.1 Å². The third-order valence-electron chi connectivity index (χ3n) is 2.22. The van der Waals surface area contributed by atoms with E-state index in [2.05, 4.69) is 20.5 Å². The zero-order valence-corrected chi connectivity index (χ0v) is 9.14. The van der Waals surface area contributed by atoms with Crippen LogP contribution in [0.25, 0.3) is 11.3 Å². The highest BCUT2D eigenvalue weighted by atomic mass is 16.5. The van der Waals surface area contributed by atoms with Crippen molar-refractivity contribution in [1.29, 1.82) is 0 Å². The Bertz CT molecular complexity index is 470. The van der Waals surface area contributed by atoms with Crippen molar-refractivity contribution >= 4 is 5.82 Å². The van der Waals surface area contributed by atoms with Crippen LogP contribution in [0.5, 0.6) is 5.75 Å². The summed E-state index contributed by atoms with van der Waals surface area (Å²) in [5, 5.41) is 10.8. The molecule has 1 N–H and O–H groups in total. The molecular weight excluding hydrogens is 204 g/mol. The maximum atomic E-state index is 5.09. The number of benzene rings is 1. The number of hydrogen-bond acceptors (Lipinski definition) is 5. The van der Waals surface area contributed by atoms with E-state index in [0.717, 1.165) is 17.0 Å². The van der Waals surface area contributed by atoms with Gasteiger partial charge in [0.15, 0.2) is 5.82 Å². The number of anilines is 1. The molecule has 0 aliphatic carbocycles. The highest BCUT2D eigenvalue weighted by molar-refractivity contribution is 5.70. The topological polar surface area (TPSA) is 59.9 Å². The van der Waals surface area contributed by atoms with E-state index in [0.29, 0.717) is 5.82 Å². The third-order valence-corrected chi connectivity index (χ3v) is 2.22. The minimum atomic E-state index is 0.708. The lowest BCUT2D eigenvalue weighted by atomic mass is 10.1. The van der Waals surface area contributed by atoms with E-state index in [4.69, 9.17) is 4.74 Å². The van der Waals surface area contributed by atoms with Crippen molar-refractivity contribution in [2.75, 3.05) is 19.5 Å². The molecule has 0 aliphatic rings. The summed E-state index contributed by atoms with van der Waals surface area (Å²) in [6, 6.07) is 7.60. The largest absolute Gasteiger partial charge is 0.497 e. The molecule has 0 radical (unpaired) electrons. The Labute approximate surface area is 93.5 Å². The van der Waals surface area contributed by atoms with E-state index < -0.39 is 0 Å². The van der Waals surface area contributed by atoms with Crippen LogP contribution in [0.3, 0.4) is 0 Å². The predicted octanol–water partition coefficient (Wildman–Crippen LogP) is 1.59. The van der Waals surface area contributed by atoms with E-state index in [1.807, 2.05) is 24.3 Å². The second-order valence-electron chi connectivity index (χ2n) is 3.14. The van der Waals surface area contributed by atoms with Crippen LogP contribution in [-0.2, 0) is 0 Å². The minimum absolute atomic E-state index is 0.708. The summed E-state index contributed by atoms with van der Waals surface area (Å²) in [7, 11) is 3.44. The van der Waals surface area contributed by atoms with Gasteiger partial charge >= 0.3 is 0 Å². The van der Waals surface area contributed by atoms with Crippen molar-refractivity contribution in [3.63, 3.8) is 0 Å². The lowest BCUT2D eigenvalue weighted by Gasteiger charge is -2.06. The number of nitrogens with zero attached hydrogens (tertiary/aromatic N) is 3. The first-order chi connectivity index (χ1) is 7.85. The van der Waals surface area contributed by atoms with Gasteiger partial charge in [0.2, 0.25) is 0 Å². The number of aromatic nitrogens is 3. The van der Waals surface area contributed by atoms with Crippen LogP contribution in [0.1, 0.15) is 0 Å². The van der Waals surface area contributed by atoms with Crippen molar-refractivity contribution in [3.05, 3.63) is 30.6 Å². The number of hydrogen-bond donors (Lipinski definition) is 1. The quantitative estimate of drug-likeness (QED) is 0.844. The van der Waals surface area contributed by atoms with Gasteiger partial charge < -0.3 is 10.1 Å². The van der Waals surface area contributed by atoms with Crippen LogP contribution in [0.2, 0.25) is 0 Å². The van der Waals surface area contributed by atoms with Crippen LogP contribution in [-0.4, -0.2) is 29.3 Å². The standard InChI is InChI=1S/C11H12N4O/c1-12-11-10(15-14-7-13-11)8-3-5-9(16-2)6-4-8/h3-7H,1-2H3,(H,12,13,14). The van der Waals surface area contributed by atoms with Crippen molar-refractivity contribution in [3.8, 4) is 17.0 Å². The van der Waals surface area contributed by atoms with Crippen molar-refractivity contribution in [2.45, 2.75) is 0 Å². The Morgan fingerprint density at radius 1 is 1.19 bits per heavy atom. The number of nitrogens with one attached hydrogen (secondary N) is 1. The van der Waals surface area contributed by atoms with Gasteiger partial charge in [0.05, 0.1) is 7.11 Å². The third kappa shape index (κ3) is 1.93. The Kier molecular flexibility index (Phi) is 2.95. The van der Waals surface area contributed by atoms with Gasteiger partial charge in [0.25, 0.3) is 0 Å². The SMILES string of the molecule is CNc1ncnnc1-c1ccc(OC)cc1. The van der Waals surface area contributed by atoms with Crippen molar-refractivity contribution in [1.82, 2.24) is 15.2 Å². The highest BCUT2D eigenvalue weighted by Gasteiger charge is 2.06. The molecule has 1 aromatic heterocycles. The normalized spacial score (nSPS) is 9.88. The van der Waals surface area contributed by atoms with E-state index >= 15 is 0 Å². The Balaban J connectivity index is 2.42. The predicted molar refractivity (Wildman–Crippen MR) is 61.4 cm³/mol. The van der Waals surface area contributed by atoms with Crippen LogP contribution in [0.4, 0.5) is 5.82 Å². The molecule has 0 unspecified atom stereocenters. The van der Waals surface area contributed by atoms with Gasteiger partial charge in [0, 0.05) is 12.6 Å². The molecule has 0 saturated carbocycles. The number of rotatable bonds is 3. The van der Waals surface area contributed by atoms with Crippen molar-refractivity contribution < 1.29 is 4.74 Å². The Morgan fingerprint density at radius 3 is 2.56 bits per heavy atom. The van der Waals surface area contributed by atoms with Gasteiger partial charge in [0.1, 0.15) is 17.8 Å². The summed E-state index contributed by atoms with van der Waals surface area (Å²) in [5.74, 6) is 1.52. The summed E-state index contributed by atoms with van der Waals surface area (Å²) >= 11 is 0. The molecule has 2 rings (SSSR count). The first kappa shape index (κ1) is 10.4. The fraction of sp³-hybridized carbons (Fsp3) is 0.182. The molecule has 1 aromatic carbocycles. The van der Waals surface area contributed by atoms with E-state index in [1.165, 1.54) is 6.33 Å².